The number of benzene rings is 17. The Bertz CT molecular complexity index is 7480. The first-order chi connectivity index (χ1) is 52.6. The third-order valence-electron chi connectivity index (χ3n) is 22.0. The van der Waals surface area contributed by atoms with Crippen molar-refractivity contribution in [2.24, 2.45) is 0 Å². The number of aromatic nitrogens is 4. The molecule has 6 heteroatoms. The Kier molecular flexibility index (Phi) is 13.7. The van der Waals surface area contributed by atoms with Crippen molar-refractivity contribution in [3.8, 4) is 67.3 Å². The van der Waals surface area contributed by atoms with E-state index in [2.05, 4.69) is 394 Å². The van der Waals surface area contributed by atoms with Gasteiger partial charge in [0.05, 0.1) is 53.5 Å². The van der Waals surface area contributed by atoms with Gasteiger partial charge in [-0.2, -0.15) is 0 Å². The Morgan fingerprint density at radius 3 is 1.01 bits per heavy atom. The number of fused-ring (bicyclic) bond motifs is 21. The first-order valence-corrected chi connectivity index (χ1v) is 37.9. The number of nitrogens with zero attached hydrogens (tertiary/aromatic N) is 4. The van der Waals surface area contributed by atoms with Crippen LogP contribution in [0.4, 0.5) is 0 Å². The van der Waals surface area contributed by atoms with Crippen LogP contribution in [0.25, 0.3) is 206 Å². The average Bonchev–Trinajstić information content (AvgIpc) is 1.57. The molecule has 0 spiro atoms. The van der Waals surface area contributed by atoms with Gasteiger partial charge < -0.3 is 18.3 Å². The average molecular weight is 1380 g/mol. The van der Waals surface area contributed by atoms with Crippen molar-refractivity contribution in [1.29, 1.82) is 0 Å². The van der Waals surface area contributed by atoms with Crippen molar-refractivity contribution in [2.75, 3.05) is 0 Å². The standard InChI is InChI=1S/C52H32N2S.C48H30N2S/c1-2-12-39(13-3-1)54-49-29-23-38(32-46(49)43-26-27-44-42-15-7-9-17-50(42)55-52(44)51(43)54)37-22-28-48-45(31-37)41-14-6-8-16-47(41)53(48)40-24-20-34(21-25-40)36-19-18-33-10-4-5-11-35(33)30-36;1-4-12-31(13-5-1)34-20-23-37-41-28-32(21-26-43(41)49(45(37)30-34)35-14-6-2-7-15-35)33-22-27-44-42(29-33)39-24-25-40-38-18-10-11-19-46(38)51-48(40)47(39)50(44)36-16-8-3-9-17-36/h1-32H;1-30H. The van der Waals surface area contributed by atoms with E-state index in [-0.39, 0.29) is 0 Å². The van der Waals surface area contributed by atoms with Gasteiger partial charge in [0.25, 0.3) is 0 Å². The van der Waals surface area contributed by atoms with Gasteiger partial charge in [-0.1, -0.05) is 249 Å². The minimum Gasteiger partial charge on any atom is -0.309 e. The summed E-state index contributed by atoms with van der Waals surface area (Å²) in [6.45, 7) is 0. The summed E-state index contributed by atoms with van der Waals surface area (Å²) in [7, 11) is 0. The summed E-state index contributed by atoms with van der Waals surface area (Å²) in [6.07, 6.45) is 0. The third-order valence-corrected chi connectivity index (χ3v) is 24.4. The molecular formula is C100H62N4S2. The first kappa shape index (κ1) is 60.2. The molecule has 0 fully saturated rings. The fourth-order valence-electron chi connectivity index (χ4n) is 17.1. The summed E-state index contributed by atoms with van der Waals surface area (Å²) >= 11 is 3.79. The van der Waals surface area contributed by atoms with Crippen LogP contribution in [0.2, 0.25) is 0 Å². The largest absolute Gasteiger partial charge is 0.309 e. The molecule has 494 valence electrons. The van der Waals surface area contributed by atoms with Crippen LogP contribution >= 0.6 is 22.7 Å². The highest BCUT2D eigenvalue weighted by Crippen LogP contribution is 2.48. The van der Waals surface area contributed by atoms with Gasteiger partial charge in [0.15, 0.2) is 0 Å². The van der Waals surface area contributed by atoms with E-state index in [1.54, 1.807) is 0 Å². The van der Waals surface area contributed by atoms with Crippen molar-refractivity contribution in [3.05, 3.63) is 376 Å². The van der Waals surface area contributed by atoms with Crippen molar-refractivity contribution in [2.45, 2.75) is 0 Å². The van der Waals surface area contributed by atoms with Crippen molar-refractivity contribution in [1.82, 2.24) is 18.3 Å². The van der Waals surface area contributed by atoms with Crippen LogP contribution in [-0.4, -0.2) is 18.3 Å². The molecule has 0 radical (unpaired) electrons. The number of para-hydroxylation sites is 4. The van der Waals surface area contributed by atoms with Crippen LogP contribution in [0, 0.1) is 0 Å². The van der Waals surface area contributed by atoms with Crippen molar-refractivity contribution in [3.63, 3.8) is 0 Å². The zero-order valence-corrected chi connectivity index (χ0v) is 59.0. The number of thiophene rings is 2. The lowest BCUT2D eigenvalue weighted by Crippen LogP contribution is -1.94. The molecule has 0 unspecified atom stereocenters. The van der Waals surface area contributed by atoms with E-state index in [1.165, 1.54) is 194 Å². The summed E-state index contributed by atoms with van der Waals surface area (Å²) in [6, 6.07) is 138. The number of hydrogen-bond acceptors (Lipinski definition) is 2. The molecule has 23 rings (SSSR count). The maximum Gasteiger partial charge on any atom is 0.0719 e. The highest BCUT2D eigenvalue weighted by atomic mass is 32.1. The van der Waals surface area contributed by atoms with Gasteiger partial charge in [-0.3, -0.25) is 0 Å². The molecule has 6 heterocycles. The summed E-state index contributed by atoms with van der Waals surface area (Å²) in [5.74, 6) is 0. The highest BCUT2D eigenvalue weighted by molar-refractivity contribution is 7.27. The van der Waals surface area contributed by atoms with E-state index in [0.717, 1.165) is 11.4 Å². The summed E-state index contributed by atoms with van der Waals surface area (Å²) in [4.78, 5) is 0. The van der Waals surface area contributed by atoms with E-state index in [9.17, 15) is 0 Å². The zero-order chi connectivity index (χ0) is 69.5. The molecule has 0 aliphatic heterocycles. The van der Waals surface area contributed by atoms with Gasteiger partial charge in [-0.25, -0.2) is 0 Å². The molecule has 0 saturated carbocycles. The second-order valence-corrected chi connectivity index (χ2v) is 30.0. The lowest BCUT2D eigenvalue weighted by Gasteiger charge is -2.11. The minimum atomic E-state index is 1.16. The van der Waals surface area contributed by atoms with Gasteiger partial charge in [0.2, 0.25) is 0 Å². The third kappa shape index (κ3) is 9.52. The summed E-state index contributed by atoms with van der Waals surface area (Å²) < 4.78 is 15.1. The van der Waals surface area contributed by atoms with Crippen LogP contribution in [0.5, 0.6) is 0 Å². The molecule has 0 saturated heterocycles. The van der Waals surface area contributed by atoms with Crippen molar-refractivity contribution >= 4 is 161 Å². The molecular weight excluding hydrogens is 1320 g/mol. The normalized spacial score (nSPS) is 12.0. The molecule has 4 nitrogen and oxygen atoms in total. The predicted molar refractivity (Wildman–Crippen MR) is 455 cm³/mol. The Morgan fingerprint density at radius 2 is 0.481 bits per heavy atom. The van der Waals surface area contributed by atoms with Crippen LogP contribution in [0.15, 0.2) is 376 Å². The monoisotopic (exact) mass is 1380 g/mol. The van der Waals surface area contributed by atoms with Crippen LogP contribution < -0.4 is 0 Å². The molecule has 106 heavy (non-hydrogen) atoms. The zero-order valence-electron chi connectivity index (χ0n) is 57.4. The SMILES string of the molecule is c1ccc(-c2ccc3c4cc(-c5ccc6c(c5)c5ccc7c8ccccc8sc7c5n6-c5ccccc5)ccc4n(-c4ccccc4)c3c2)cc1.c1ccc(-n2c3ccc(-c4ccc5c(c4)c4ccccc4n5-c4ccc(-c5ccc6ccccc6c5)cc4)cc3c3ccc4c5ccccc5sc4c32)cc1. The lowest BCUT2D eigenvalue weighted by molar-refractivity contribution is 1.18. The molecule has 0 aliphatic carbocycles. The molecule has 0 atom stereocenters. The minimum absolute atomic E-state index is 1.16. The number of hydrogen-bond donors (Lipinski definition) is 0. The fourth-order valence-corrected chi connectivity index (χ4v) is 19.6. The Labute approximate surface area is 618 Å². The molecule has 23 aromatic rings. The first-order valence-electron chi connectivity index (χ1n) is 36.3. The van der Waals surface area contributed by atoms with E-state index in [4.69, 9.17) is 0 Å². The lowest BCUT2D eigenvalue weighted by atomic mass is 9.99. The Morgan fingerprint density at radius 1 is 0.160 bits per heavy atom. The Hall–Kier alpha value is -13.4. The van der Waals surface area contributed by atoms with Crippen LogP contribution in [-0.2, 0) is 0 Å². The summed E-state index contributed by atoms with van der Waals surface area (Å²) in [5.41, 5.74) is 24.3. The highest BCUT2D eigenvalue weighted by Gasteiger charge is 2.23. The second kappa shape index (κ2) is 24.1. The topological polar surface area (TPSA) is 19.7 Å². The predicted octanol–water partition coefficient (Wildman–Crippen LogP) is 28.3. The maximum atomic E-state index is 2.47. The van der Waals surface area contributed by atoms with Gasteiger partial charge >= 0.3 is 0 Å². The quantitative estimate of drug-likeness (QED) is 0.144. The van der Waals surface area contributed by atoms with Gasteiger partial charge in [0, 0.05) is 96.8 Å². The number of rotatable bonds is 8. The molecule has 17 aromatic carbocycles. The van der Waals surface area contributed by atoms with Crippen molar-refractivity contribution < 1.29 is 0 Å². The van der Waals surface area contributed by atoms with Gasteiger partial charge in [-0.05, 0) is 183 Å². The smallest absolute Gasteiger partial charge is 0.0719 e. The van der Waals surface area contributed by atoms with Crippen LogP contribution in [0.1, 0.15) is 0 Å². The van der Waals surface area contributed by atoms with Gasteiger partial charge in [-0.15, -0.1) is 22.7 Å². The molecule has 0 bridgehead atoms. The fraction of sp³-hybridized carbons (Fsp3) is 0. The van der Waals surface area contributed by atoms with E-state index >= 15 is 0 Å². The van der Waals surface area contributed by atoms with E-state index in [1.807, 2.05) is 22.7 Å². The molecule has 0 N–H and O–H groups in total. The van der Waals surface area contributed by atoms with E-state index in [0.29, 0.717) is 0 Å². The van der Waals surface area contributed by atoms with E-state index < -0.39 is 0 Å². The summed E-state index contributed by atoms with van der Waals surface area (Å²) in [5, 5.41) is 17.9. The van der Waals surface area contributed by atoms with Gasteiger partial charge in [0.1, 0.15) is 0 Å². The maximum absolute atomic E-state index is 2.47. The molecule has 6 aromatic heterocycles. The second-order valence-electron chi connectivity index (χ2n) is 27.9. The molecule has 0 amide bonds. The van der Waals surface area contributed by atoms with Crippen LogP contribution in [0.3, 0.4) is 0 Å². The Balaban J connectivity index is 0.000000133. The molecule has 0 aliphatic rings.